The minimum absolute atomic E-state index is 0.0293. The third-order valence-electron chi connectivity index (χ3n) is 4.02. The summed E-state index contributed by atoms with van der Waals surface area (Å²) < 4.78 is 11.4. The molecule has 0 unspecified atom stereocenters. The molecule has 3 heterocycles. The summed E-state index contributed by atoms with van der Waals surface area (Å²) in [5.41, 5.74) is 2.19. The summed E-state index contributed by atoms with van der Waals surface area (Å²) in [6.45, 7) is 1.36. The Bertz CT molecular complexity index is 874. The molecule has 3 aromatic rings. The Kier molecular flexibility index (Phi) is 4.36. The second kappa shape index (κ2) is 6.78. The molecule has 1 N–H and O–H groups in total. The summed E-state index contributed by atoms with van der Waals surface area (Å²) >= 11 is 1.36. The highest BCUT2D eigenvalue weighted by Crippen LogP contribution is 2.32. The highest BCUT2D eigenvalue weighted by molar-refractivity contribution is 8.00. The number of amides is 1. The molecule has 0 radical (unpaired) electrons. The van der Waals surface area contributed by atoms with Gasteiger partial charge in [-0.15, -0.1) is 0 Å². The van der Waals surface area contributed by atoms with Crippen molar-refractivity contribution in [2.75, 3.05) is 18.9 Å². The van der Waals surface area contributed by atoms with Gasteiger partial charge >= 0.3 is 0 Å². The van der Waals surface area contributed by atoms with Gasteiger partial charge in [0.2, 0.25) is 5.91 Å². The Labute approximate surface area is 143 Å². The van der Waals surface area contributed by atoms with Crippen molar-refractivity contribution >= 4 is 39.7 Å². The smallest absolute Gasteiger partial charge is 0.230 e. The first-order valence-electron chi connectivity index (χ1n) is 7.94. The first-order valence-corrected chi connectivity index (χ1v) is 8.93. The van der Waals surface area contributed by atoms with Crippen molar-refractivity contribution in [3.8, 4) is 0 Å². The van der Waals surface area contributed by atoms with Gasteiger partial charge in [0.05, 0.1) is 11.9 Å². The molecule has 6 nitrogen and oxygen atoms in total. The highest BCUT2D eigenvalue weighted by Gasteiger charge is 2.17. The van der Waals surface area contributed by atoms with Crippen molar-refractivity contribution in [2.45, 2.75) is 24.0 Å². The lowest BCUT2D eigenvalue weighted by Gasteiger charge is -2.10. The summed E-state index contributed by atoms with van der Waals surface area (Å²) in [7, 11) is 0. The van der Waals surface area contributed by atoms with Crippen LogP contribution in [0.4, 0.5) is 0 Å². The van der Waals surface area contributed by atoms with Gasteiger partial charge in [0.25, 0.3) is 0 Å². The van der Waals surface area contributed by atoms with Crippen LogP contribution in [0.25, 0.3) is 22.1 Å². The fourth-order valence-electron chi connectivity index (χ4n) is 2.82. The maximum Gasteiger partial charge on any atom is 0.230 e. The minimum atomic E-state index is -0.0293. The molecule has 124 valence electrons. The second-order valence-electron chi connectivity index (χ2n) is 5.68. The van der Waals surface area contributed by atoms with Crippen LogP contribution in [0.1, 0.15) is 12.8 Å². The van der Waals surface area contributed by atoms with Crippen LogP contribution in [0.2, 0.25) is 0 Å². The average Bonchev–Trinajstić information content (AvgIpc) is 3.25. The van der Waals surface area contributed by atoms with Gasteiger partial charge in [-0.1, -0.05) is 23.9 Å². The van der Waals surface area contributed by atoms with E-state index in [0.717, 1.165) is 35.9 Å². The number of carbonyl (C=O) groups excluding carboxylic acids is 1. The van der Waals surface area contributed by atoms with Crippen LogP contribution in [0, 0.1) is 0 Å². The molecule has 1 aliphatic rings. The van der Waals surface area contributed by atoms with Gasteiger partial charge in [0, 0.05) is 18.5 Å². The topological polar surface area (TPSA) is 77.2 Å². The number of ether oxygens (including phenoxy) is 1. The van der Waals surface area contributed by atoms with E-state index in [-0.39, 0.29) is 17.8 Å². The number of nitrogens with one attached hydrogen (secondary N) is 1. The normalized spacial score (nSPS) is 17.6. The Morgan fingerprint density at radius 1 is 1.33 bits per heavy atom. The molecule has 1 fully saturated rings. The lowest BCUT2D eigenvalue weighted by atomic mass is 10.2. The first-order chi connectivity index (χ1) is 11.8. The number of carbonyl (C=O) groups is 1. The molecule has 1 saturated heterocycles. The zero-order valence-electron chi connectivity index (χ0n) is 13.0. The van der Waals surface area contributed by atoms with Gasteiger partial charge in [0.15, 0.2) is 5.58 Å². The molecule has 1 aromatic carbocycles. The Morgan fingerprint density at radius 2 is 2.25 bits per heavy atom. The number of hydrogen-bond acceptors (Lipinski definition) is 6. The maximum absolute atomic E-state index is 12.0. The SMILES string of the molecule is O=C(CSc1ncnc2c1oc1ccccc12)NC[C@H]1CCCO1. The molecule has 1 atom stereocenters. The van der Waals surface area contributed by atoms with Crippen LogP contribution in [0.5, 0.6) is 0 Å². The zero-order valence-corrected chi connectivity index (χ0v) is 13.8. The number of para-hydroxylation sites is 1. The predicted octanol–water partition coefficient (Wildman–Crippen LogP) is 2.76. The monoisotopic (exact) mass is 343 g/mol. The average molecular weight is 343 g/mol. The van der Waals surface area contributed by atoms with Crippen LogP contribution < -0.4 is 5.32 Å². The van der Waals surface area contributed by atoms with Crippen LogP contribution in [0.15, 0.2) is 40.0 Å². The third kappa shape index (κ3) is 3.09. The van der Waals surface area contributed by atoms with Crippen molar-refractivity contribution in [1.29, 1.82) is 0 Å². The van der Waals surface area contributed by atoms with E-state index < -0.39 is 0 Å². The summed E-state index contributed by atoms with van der Waals surface area (Å²) in [5.74, 6) is 0.258. The van der Waals surface area contributed by atoms with E-state index in [0.29, 0.717) is 17.2 Å². The summed E-state index contributed by atoms with van der Waals surface area (Å²) in [6, 6.07) is 7.74. The third-order valence-corrected chi connectivity index (χ3v) is 4.99. The van der Waals surface area contributed by atoms with E-state index in [1.807, 2.05) is 24.3 Å². The van der Waals surface area contributed by atoms with Crippen LogP contribution >= 0.6 is 11.8 Å². The Hall–Kier alpha value is -2.12. The number of thioether (sulfide) groups is 1. The van der Waals surface area contributed by atoms with Gasteiger partial charge < -0.3 is 14.5 Å². The Morgan fingerprint density at radius 3 is 3.12 bits per heavy atom. The van der Waals surface area contributed by atoms with Gasteiger partial charge in [-0.3, -0.25) is 4.79 Å². The molecule has 1 amide bonds. The quantitative estimate of drug-likeness (QED) is 0.567. The van der Waals surface area contributed by atoms with Gasteiger partial charge in [-0.25, -0.2) is 9.97 Å². The zero-order chi connectivity index (χ0) is 16.4. The van der Waals surface area contributed by atoms with Gasteiger partial charge in [-0.05, 0) is 25.0 Å². The fraction of sp³-hybridized carbons (Fsp3) is 0.353. The second-order valence-corrected chi connectivity index (χ2v) is 6.65. The molecule has 2 aromatic heterocycles. The number of aromatic nitrogens is 2. The highest BCUT2D eigenvalue weighted by atomic mass is 32.2. The maximum atomic E-state index is 12.0. The molecule has 4 rings (SSSR count). The molecule has 0 bridgehead atoms. The molecular weight excluding hydrogens is 326 g/mol. The van der Waals surface area contributed by atoms with Crippen molar-refractivity contribution in [1.82, 2.24) is 15.3 Å². The summed E-state index contributed by atoms with van der Waals surface area (Å²) in [5, 5.41) is 4.55. The number of fused-ring (bicyclic) bond motifs is 3. The van der Waals surface area contributed by atoms with Crippen LogP contribution in [-0.4, -0.2) is 40.9 Å². The molecule has 24 heavy (non-hydrogen) atoms. The molecular formula is C17H17N3O3S. The van der Waals surface area contributed by atoms with E-state index in [2.05, 4.69) is 15.3 Å². The number of rotatable bonds is 5. The van der Waals surface area contributed by atoms with E-state index in [9.17, 15) is 4.79 Å². The van der Waals surface area contributed by atoms with Crippen molar-refractivity contribution in [3.63, 3.8) is 0 Å². The summed E-state index contributed by atoms with van der Waals surface area (Å²) in [6.07, 6.45) is 3.75. The number of benzene rings is 1. The van der Waals surface area contributed by atoms with Crippen LogP contribution in [-0.2, 0) is 9.53 Å². The Balaban J connectivity index is 1.45. The van der Waals surface area contributed by atoms with Crippen LogP contribution in [0.3, 0.4) is 0 Å². The number of hydrogen-bond donors (Lipinski definition) is 1. The standard InChI is InChI=1S/C17H17N3O3S/c21-14(18-8-11-4-3-7-22-11)9-24-17-16-15(19-10-20-17)12-5-1-2-6-13(12)23-16/h1-2,5-6,10-11H,3-4,7-9H2,(H,18,21)/t11-/m1/s1. The largest absolute Gasteiger partial charge is 0.451 e. The molecule has 0 spiro atoms. The molecule has 0 saturated carbocycles. The lowest BCUT2D eigenvalue weighted by molar-refractivity contribution is -0.119. The predicted molar refractivity (Wildman–Crippen MR) is 92.0 cm³/mol. The van der Waals surface area contributed by atoms with E-state index >= 15 is 0 Å². The summed E-state index contributed by atoms with van der Waals surface area (Å²) in [4.78, 5) is 20.6. The van der Waals surface area contributed by atoms with Crippen molar-refractivity contribution < 1.29 is 13.9 Å². The van der Waals surface area contributed by atoms with Gasteiger partial charge in [-0.2, -0.15) is 0 Å². The van der Waals surface area contributed by atoms with E-state index in [1.54, 1.807) is 0 Å². The minimum Gasteiger partial charge on any atom is -0.451 e. The van der Waals surface area contributed by atoms with E-state index in [4.69, 9.17) is 9.15 Å². The number of furan rings is 1. The molecule has 1 aliphatic heterocycles. The molecule has 7 heteroatoms. The van der Waals surface area contributed by atoms with Crippen molar-refractivity contribution in [3.05, 3.63) is 30.6 Å². The fourth-order valence-corrected chi connectivity index (χ4v) is 3.58. The van der Waals surface area contributed by atoms with Gasteiger partial charge in [0.1, 0.15) is 22.5 Å². The molecule has 0 aliphatic carbocycles. The van der Waals surface area contributed by atoms with Crippen molar-refractivity contribution in [2.24, 2.45) is 0 Å². The number of nitrogens with zero attached hydrogens (tertiary/aromatic N) is 2. The lowest BCUT2D eigenvalue weighted by Crippen LogP contribution is -2.32. The van der Waals surface area contributed by atoms with E-state index in [1.165, 1.54) is 18.1 Å². The first kappa shape index (κ1) is 15.4.